The van der Waals surface area contributed by atoms with Gasteiger partial charge in [-0.15, -0.1) is 0 Å². The number of hydrogen-bond acceptors (Lipinski definition) is 6. The normalized spacial score (nSPS) is 11.7. The lowest BCUT2D eigenvalue weighted by Gasteiger charge is -2.18. The Morgan fingerprint density at radius 1 is 1.35 bits per heavy atom. The van der Waals surface area contributed by atoms with Crippen LogP contribution in [0.25, 0.3) is 0 Å². The first-order chi connectivity index (χ1) is 9.63. The molecule has 0 aliphatic carbocycles. The summed E-state index contributed by atoms with van der Waals surface area (Å²) in [5, 5.41) is 3.08. The molecular formula is C13H13ClN4O2. The second kappa shape index (κ2) is 6.21. The van der Waals surface area contributed by atoms with Crippen molar-refractivity contribution in [2.75, 3.05) is 18.2 Å². The van der Waals surface area contributed by atoms with Crippen LogP contribution in [0.15, 0.2) is 36.7 Å². The molecule has 0 saturated carbocycles. The zero-order valence-electron chi connectivity index (χ0n) is 10.7. The molecule has 0 bridgehead atoms. The molecule has 0 radical (unpaired) electrons. The Labute approximate surface area is 120 Å². The van der Waals surface area contributed by atoms with Gasteiger partial charge in [0.05, 0.1) is 7.11 Å². The molecule has 2 rings (SSSR count). The minimum Gasteiger partial charge on any atom is -0.467 e. The predicted octanol–water partition coefficient (Wildman–Crippen LogP) is 2.04. The molecule has 1 atom stereocenters. The fraction of sp³-hybridized carbons (Fsp3) is 0.154. The van der Waals surface area contributed by atoms with Crippen LogP contribution in [-0.2, 0) is 9.53 Å². The van der Waals surface area contributed by atoms with Crippen LogP contribution >= 0.6 is 11.6 Å². The van der Waals surface area contributed by atoms with Gasteiger partial charge in [0.25, 0.3) is 0 Å². The molecule has 0 aliphatic heterocycles. The van der Waals surface area contributed by atoms with Gasteiger partial charge < -0.3 is 15.8 Å². The lowest BCUT2D eigenvalue weighted by molar-refractivity contribution is -0.141. The first kappa shape index (κ1) is 14.1. The van der Waals surface area contributed by atoms with Crippen LogP contribution in [0.1, 0.15) is 11.6 Å². The average molecular weight is 293 g/mol. The van der Waals surface area contributed by atoms with Crippen molar-refractivity contribution in [1.29, 1.82) is 0 Å². The molecule has 1 heterocycles. The molecule has 1 unspecified atom stereocenters. The summed E-state index contributed by atoms with van der Waals surface area (Å²) in [6, 6.07) is 8.37. The number of ether oxygens (including phenoxy) is 1. The van der Waals surface area contributed by atoms with Crippen molar-refractivity contribution in [3.8, 4) is 0 Å². The number of aromatic nitrogens is 2. The number of esters is 1. The van der Waals surface area contributed by atoms with Crippen molar-refractivity contribution in [1.82, 2.24) is 9.97 Å². The van der Waals surface area contributed by atoms with Crippen LogP contribution in [0.2, 0.25) is 5.02 Å². The number of benzene rings is 1. The summed E-state index contributed by atoms with van der Waals surface area (Å²) < 4.78 is 4.79. The Hall–Kier alpha value is -2.34. The average Bonchev–Trinajstić information content (AvgIpc) is 2.49. The smallest absolute Gasteiger partial charge is 0.333 e. The second-order valence-corrected chi connectivity index (χ2v) is 4.31. The van der Waals surface area contributed by atoms with E-state index in [4.69, 9.17) is 22.1 Å². The number of nitrogens with two attached hydrogens (primary N) is 1. The highest BCUT2D eigenvalue weighted by Gasteiger charge is 2.23. The number of nitrogens with one attached hydrogen (secondary N) is 1. The van der Waals surface area contributed by atoms with Gasteiger partial charge in [-0.2, -0.15) is 0 Å². The van der Waals surface area contributed by atoms with Gasteiger partial charge in [0.2, 0.25) is 0 Å². The first-order valence-corrected chi connectivity index (χ1v) is 6.16. The number of carbonyl (C=O) groups is 1. The van der Waals surface area contributed by atoms with Crippen molar-refractivity contribution in [2.45, 2.75) is 6.04 Å². The standard InChI is InChI=1S/C13H13ClN4O2/c1-20-13(19)10(8-5-3-2-4-6-8)18-12-9(14)11(15)16-7-17-12/h2-7,10H,1H3,(H3,15,16,17,18). The Morgan fingerprint density at radius 2 is 2.05 bits per heavy atom. The summed E-state index contributed by atoms with van der Waals surface area (Å²) in [7, 11) is 1.32. The minimum atomic E-state index is -0.729. The van der Waals surface area contributed by atoms with Gasteiger partial charge in [-0.3, -0.25) is 0 Å². The number of nitrogens with zero attached hydrogens (tertiary/aromatic N) is 2. The SMILES string of the molecule is COC(=O)C(Nc1ncnc(N)c1Cl)c1ccccc1. The number of hydrogen-bond donors (Lipinski definition) is 2. The van der Waals surface area contributed by atoms with E-state index in [-0.39, 0.29) is 16.7 Å². The zero-order chi connectivity index (χ0) is 14.5. The van der Waals surface area contributed by atoms with E-state index < -0.39 is 12.0 Å². The maximum Gasteiger partial charge on any atom is 0.333 e. The van der Waals surface area contributed by atoms with Crippen molar-refractivity contribution < 1.29 is 9.53 Å². The van der Waals surface area contributed by atoms with E-state index in [1.54, 1.807) is 12.1 Å². The maximum atomic E-state index is 11.9. The van der Waals surface area contributed by atoms with Crippen LogP contribution in [0.4, 0.5) is 11.6 Å². The number of halogens is 1. The Bertz CT molecular complexity index is 607. The van der Waals surface area contributed by atoms with E-state index in [0.29, 0.717) is 0 Å². The largest absolute Gasteiger partial charge is 0.467 e. The van der Waals surface area contributed by atoms with E-state index in [0.717, 1.165) is 5.56 Å². The van der Waals surface area contributed by atoms with Gasteiger partial charge in [0.1, 0.15) is 17.2 Å². The molecule has 1 aromatic heterocycles. The summed E-state index contributed by atoms with van der Waals surface area (Å²) in [6.07, 6.45) is 1.27. The molecule has 0 spiro atoms. The number of nitrogen functional groups attached to an aromatic ring is 1. The number of methoxy groups -OCH3 is 1. The van der Waals surface area contributed by atoms with Crippen LogP contribution in [0.5, 0.6) is 0 Å². The van der Waals surface area contributed by atoms with Crippen LogP contribution in [-0.4, -0.2) is 23.0 Å². The fourth-order valence-electron chi connectivity index (χ4n) is 1.66. The number of carbonyl (C=O) groups excluding carboxylic acids is 1. The van der Waals surface area contributed by atoms with Crippen LogP contribution in [0, 0.1) is 0 Å². The minimum absolute atomic E-state index is 0.140. The van der Waals surface area contributed by atoms with Crippen LogP contribution in [0.3, 0.4) is 0 Å². The van der Waals surface area contributed by atoms with Crippen molar-refractivity contribution in [2.24, 2.45) is 0 Å². The molecule has 104 valence electrons. The highest BCUT2D eigenvalue weighted by atomic mass is 35.5. The van der Waals surface area contributed by atoms with E-state index >= 15 is 0 Å². The van der Waals surface area contributed by atoms with Gasteiger partial charge in [0, 0.05) is 0 Å². The van der Waals surface area contributed by atoms with E-state index in [1.165, 1.54) is 13.4 Å². The monoisotopic (exact) mass is 292 g/mol. The molecule has 6 nitrogen and oxygen atoms in total. The molecule has 20 heavy (non-hydrogen) atoms. The summed E-state index contributed by atoms with van der Waals surface area (Å²) in [5.74, 6) is -0.0382. The van der Waals surface area contributed by atoms with Gasteiger partial charge in [-0.25, -0.2) is 14.8 Å². The summed E-state index contributed by atoms with van der Waals surface area (Å²) in [5.41, 5.74) is 6.33. The lowest BCUT2D eigenvalue weighted by Crippen LogP contribution is -2.23. The third-order valence-corrected chi connectivity index (χ3v) is 3.04. The zero-order valence-corrected chi connectivity index (χ0v) is 11.5. The molecule has 0 fully saturated rings. The topological polar surface area (TPSA) is 90.1 Å². The molecule has 3 N–H and O–H groups in total. The Morgan fingerprint density at radius 3 is 2.70 bits per heavy atom. The van der Waals surface area contributed by atoms with Crippen molar-refractivity contribution in [3.63, 3.8) is 0 Å². The van der Waals surface area contributed by atoms with E-state index in [9.17, 15) is 4.79 Å². The number of rotatable bonds is 4. The highest BCUT2D eigenvalue weighted by Crippen LogP contribution is 2.27. The molecule has 1 aromatic carbocycles. The van der Waals surface area contributed by atoms with Gasteiger partial charge in [0.15, 0.2) is 11.9 Å². The second-order valence-electron chi connectivity index (χ2n) is 3.93. The van der Waals surface area contributed by atoms with Gasteiger partial charge in [-0.05, 0) is 5.56 Å². The molecule has 7 heteroatoms. The summed E-state index contributed by atoms with van der Waals surface area (Å²) >= 11 is 6.01. The summed E-state index contributed by atoms with van der Waals surface area (Å²) in [6.45, 7) is 0. The third-order valence-electron chi connectivity index (χ3n) is 2.67. The van der Waals surface area contributed by atoms with Gasteiger partial charge in [-0.1, -0.05) is 41.9 Å². The Balaban J connectivity index is 2.34. The maximum absolute atomic E-state index is 11.9. The summed E-state index contributed by atoms with van der Waals surface area (Å²) in [4.78, 5) is 19.7. The van der Waals surface area contributed by atoms with Crippen molar-refractivity contribution >= 4 is 29.2 Å². The molecule has 0 amide bonds. The number of anilines is 2. The van der Waals surface area contributed by atoms with Crippen molar-refractivity contribution in [3.05, 3.63) is 47.2 Å². The third kappa shape index (κ3) is 2.97. The van der Waals surface area contributed by atoms with E-state index in [1.807, 2.05) is 18.2 Å². The highest BCUT2D eigenvalue weighted by molar-refractivity contribution is 6.35. The van der Waals surface area contributed by atoms with Gasteiger partial charge >= 0.3 is 5.97 Å². The first-order valence-electron chi connectivity index (χ1n) is 5.78. The fourth-order valence-corrected chi connectivity index (χ4v) is 1.81. The molecule has 2 aromatic rings. The molecule has 0 saturated heterocycles. The van der Waals surface area contributed by atoms with E-state index in [2.05, 4.69) is 15.3 Å². The predicted molar refractivity (Wildman–Crippen MR) is 76.3 cm³/mol. The molecule has 0 aliphatic rings. The quantitative estimate of drug-likeness (QED) is 0.838. The Kier molecular flexibility index (Phi) is 4.37. The lowest BCUT2D eigenvalue weighted by atomic mass is 10.1. The van der Waals surface area contributed by atoms with Crippen LogP contribution < -0.4 is 11.1 Å². The molecular weight excluding hydrogens is 280 g/mol.